The Balaban J connectivity index is 1.88. The maximum absolute atomic E-state index is 6.04. The Bertz CT molecular complexity index is 315. The van der Waals surface area contributed by atoms with Gasteiger partial charge in [0, 0.05) is 24.3 Å². The standard InChI is InChI=1S/C12H20N2S/c1-8(2)11(13)6-10-7-15-12(14-10)5-9-3-4-9/h7-9,11H,3-6,13H2,1-2H3. The molecule has 1 atom stereocenters. The summed E-state index contributed by atoms with van der Waals surface area (Å²) in [6, 6.07) is 0.251. The molecular formula is C12H20N2S. The Morgan fingerprint density at radius 3 is 2.87 bits per heavy atom. The molecule has 1 saturated carbocycles. The van der Waals surface area contributed by atoms with Gasteiger partial charge in [-0.1, -0.05) is 13.8 Å². The monoisotopic (exact) mass is 224 g/mol. The van der Waals surface area contributed by atoms with Gasteiger partial charge in [-0.25, -0.2) is 4.98 Å². The van der Waals surface area contributed by atoms with E-state index >= 15 is 0 Å². The second-order valence-electron chi connectivity index (χ2n) is 4.99. The zero-order valence-electron chi connectivity index (χ0n) is 9.57. The molecule has 2 rings (SSSR count). The Labute approximate surface area is 95.9 Å². The maximum Gasteiger partial charge on any atom is 0.0931 e. The van der Waals surface area contributed by atoms with E-state index in [1.807, 2.05) is 0 Å². The van der Waals surface area contributed by atoms with E-state index < -0.39 is 0 Å². The number of nitrogens with two attached hydrogens (primary N) is 1. The van der Waals surface area contributed by atoms with Crippen molar-refractivity contribution in [1.29, 1.82) is 0 Å². The third-order valence-corrected chi connectivity index (χ3v) is 3.98. The molecule has 2 nitrogen and oxygen atoms in total. The van der Waals surface area contributed by atoms with Gasteiger partial charge in [0.15, 0.2) is 0 Å². The molecule has 0 radical (unpaired) electrons. The topological polar surface area (TPSA) is 38.9 Å². The van der Waals surface area contributed by atoms with Gasteiger partial charge in [0.2, 0.25) is 0 Å². The number of hydrogen-bond donors (Lipinski definition) is 1. The molecule has 1 unspecified atom stereocenters. The fraction of sp³-hybridized carbons (Fsp3) is 0.750. The molecule has 15 heavy (non-hydrogen) atoms. The molecule has 1 aliphatic carbocycles. The predicted octanol–water partition coefficient (Wildman–Crippen LogP) is 2.62. The zero-order chi connectivity index (χ0) is 10.8. The van der Waals surface area contributed by atoms with Gasteiger partial charge in [-0.3, -0.25) is 0 Å². The molecule has 1 aromatic heterocycles. The van der Waals surface area contributed by atoms with E-state index in [1.54, 1.807) is 11.3 Å². The number of aromatic nitrogens is 1. The minimum absolute atomic E-state index is 0.251. The first-order valence-electron chi connectivity index (χ1n) is 5.84. The summed E-state index contributed by atoms with van der Waals surface area (Å²) in [6.07, 6.45) is 4.93. The molecule has 0 aliphatic heterocycles. The second kappa shape index (κ2) is 4.62. The van der Waals surface area contributed by atoms with Crippen molar-refractivity contribution in [2.45, 2.75) is 45.6 Å². The van der Waals surface area contributed by atoms with Gasteiger partial charge in [0.05, 0.1) is 10.7 Å². The lowest BCUT2D eigenvalue weighted by Crippen LogP contribution is -2.28. The molecule has 1 heterocycles. The highest BCUT2D eigenvalue weighted by Gasteiger charge is 2.23. The predicted molar refractivity (Wildman–Crippen MR) is 65.1 cm³/mol. The van der Waals surface area contributed by atoms with Gasteiger partial charge in [-0.05, 0) is 24.7 Å². The third-order valence-electron chi connectivity index (χ3n) is 3.06. The normalized spacial score (nSPS) is 18.4. The molecule has 0 bridgehead atoms. The molecular weight excluding hydrogens is 204 g/mol. The Morgan fingerprint density at radius 2 is 2.27 bits per heavy atom. The van der Waals surface area contributed by atoms with Crippen molar-refractivity contribution < 1.29 is 0 Å². The Morgan fingerprint density at radius 1 is 1.53 bits per heavy atom. The number of thiazole rings is 1. The lowest BCUT2D eigenvalue weighted by atomic mass is 10.0. The molecule has 1 fully saturated rings. The van der Waals surface area contributed by atoms with E-state index in [0.29, 0.717) is 5.92 Å². The summed E-state index contributed by atoms with van der Waals surface area (Å²) in [5.74, 6) is 1.47. The molecule has 3 heteroatoms. The van der Waals surface area contributed by atoms with Crippen LogP contribution in [0.5, 0.6) is 0 Å². The van der Waals surface area contributed by atoms with E-state index in [4.69, 9.17) is 5.73 Å². The van der Waals surface area contributed by atoms with E-state index in [0.717, 1.165) is 12.3 Å². The lowest BCUT2D eigenvalue weighted by Gasteiger charge is -2.13. The van der Waals surface area contributed by atoms with Gasteiger partial charge in [-0.15, -0.1) is 11.3 Å². The maximum atomic E-state index is 6.04. The third kappa shape index (κ3) is 3.28. The quantitative estimate of drug-likeness (QED) is 0.835. The second-order valence-corrected chi connectivity index (χ2v) is 5.93. The molecule has 84 valence electrons. The highest BCUT2D eigenvalue weighted by atomic mass is 32.1. The Kier molecular flexibility index (Phi) is 3.42. The minimum atomic E-state index is 0.251. The number of hydrogen-bond acceptors (Lipinski definition) is 3. The van der Waals surface area contributed by atoms with E-state index in [9.17, 15) is 0 Å². The minimum Gasteiger partial charge on any atom is -0.327 e. The van der Waals surface area contributed by atoms with Crippen molar-refractivity contribution >= 4 is 11.3 Å². The summed E-state index contributed by atoms with van der Waals surface area (Å²) < 4.78 is 0. The van der Waals surface area contributed by atoms with Gasteiger partial charge < -0.3 is 5.73 Å². The van der Waals surface area contributed by atoms with Crippen LogP contribution in [0.4, 0.5) is 0 Å². The average molecular weight is 224 g/mol. The molecule has 0 spiro atoms. The zero-order valence-corrected chi connectivity index (χ0v) is 10.4. The molecule has 1 aliphatic rings. The van der Waals surface area contributed by atoms with Crippen LogP contribution in [0.2, 0.25) is 0 Å². The van der Waals surface area contributed by atoms with E-state index in [2.05, 4.69) is 24.2 Å². The number of nitrogens with zero attached hydrogens (tertiary/aromatic N) is 1. The van der Waals surface area contributed by atoms with E-state index in [1.165, 1.54) is 30.0 Å². The SMILES string of the molecule is CC(C)C(N)Cc1csc(CC2CC2)n1. The van der Waals surface area contributed by atoms with Crippen LogP contribution in [0.1, 0.15) is 37.4 Å². The largest absolute Gasteiger partial charge is 0.327 e. The van der Waals surface area contributed by atoms with Gasteiger partial charge in [0.1, 0.15) is 0 Å². The summed E-state index contributed by atoms with van der Waals surface area (Å²) in [5.41, 5.74) is 7.23. The highest BCUT2D eigenvalue weighted by molar-refractivity contribution is 7.09. The summed E-state index contributed by atoms with van der Waals surface area (Å²) in [5, 5.41) is 3.49. The summed E-state index contributed by atoms with van der Waals surface area (Å²) in [4.78, 5) is 4.65. The average Bonchev–Trinajstić information content (AvgIpc) is 2.87. The fourth-order valence-corrected chi connectivity index (χ4v) is 2.51. The smallest absolute Gasteiger partial charge is 0.0931 e. The van der Waals surface area contributed by atoms with Gasteiger partial charge in [-0.2, -0.15) is 0 Å². The van der Waals surface area contributed by atoms with Crippen molar-refractivity contribution in [3.8, 4) is 0 Å². The van der Waals surface area contributed by atoms with Crippen LogP contribution in [0.25, 0.3) is 0 Å². The first kappa shape index (κ1) is 11.1. The molecule has 1 aromatic rings. The fourth-order valence-electron chi connectivity index (χ4n) is 1.58. The van der Waals surface area contributed by atoms with Crippen LogP contribution in [0.15, 0.2) is 5.38 Å². The van der Waals surface area contributed by atoms with Crippen molar-refractivity contribution in [2.24, 2.45) is 17.6 Å². The lowest BCUT2D eigenvalue weighted by molar-refractivity contribution is 0.487. The van der Waals surface area contributed by atoms with Crippen LogP contribution in [-0.4, -0.2) is 11.0 Å². The summed E-state index contributed by atoms with van der Waals surface area (Å²) in [7, 11) is 0. The van der Waals surface area contributed by atoms with Crippen molar-refractivity contribution in [1.82, 2.24) is 4.98 Å². The Hall–Kier alpha value is -0.410. The van der Waals surface area contributed by atoms with Gasteiger partial charge in [0.25, 0.3) is 0 Å². The van der Waals surface area contributed by atoms with Crippen LogP contribution in [-0.2, 0) is 12.8 Å². The molecule has 0 saturated heterocycles. The highest BCUT2D eigenvalue weighted by Crippen LogP contribution is 2.33. The van der Waals surface area contributed by atoms with Crippen LogP contribution >= 0.6 is 11.3 Å². The first-order valence-corrected chi connectivity index (χ1v) is 6.72. The van der Waals surface area contributed by atoms with Crippen LogP contribution in [0, 0.1) is 11.8 Å². The van der Waals surface area contributed by atoms with Gasteiger partial charge >= 0.3 is 0 Å². The van der Waals surface area contributed by atoms with E-state index in [-0.39, 0.29) is 6.04 Å². The van der Waals surface area contributed by atoms with Crippen molar-refractivity contribution in [3.63, 3.8) is 0 Å². The first-order chi connectivity index (χ1) is 7.15. The molecule has 0 amide bonds. The van der Waals surface area contributed by atoms with Crippen LogP contribution < -0.4 is 5.73 Å². The molecule has 2 N–H and O–H groups in total. The summed E-state index contributed by atoms with van der Waals surface area (Å²) in [6.45, 7) is 4.34. The van der Waals surface area contributed by atoms with Crippen molar-refractivity contribution in [2.75, 3.05) is 0 Å². The number of rotatable bonds is 5. The molecule has 0 aromatic carbocycles. The van der Waals surface area contributed by atoms with Crippen LogP contribution in [0.3, 0.4) is 0 Å². The summed E-state index contributed by atoms with van der Waals surface area (Å²) >= 11 is 1.80. The van der Waals surface area contributed by atoms with Crippen molar-refractivity contribution in [3.05, 3.63) is 16.1 Å².